The maximum Gasteiger partial charge on any atom is 0.341 e. The number of hydrogen-bond acceptors (Lipinski definition) is 4. The molecule has 0 heterocycles. The minimum atomic E-state index is -4.10. The average Bonchev–Trinajstić information content (AvgIpc) is 2.55. The Bertz CT molecular complexity index is 998. The van der Waals surface area contributed by atoms with E-state index in [1.54, 1.807) is 48.5 Å². The molecule has 0 aliphatic rings. The van der Waals surface area contributed by atoms with Crippen LogP contribution in [0.5, 0.6) is 5.75 Å². The summed E-state index contributed by atoms with van der Waals surface area (Å²) in [6.45, 7) is 1.33. The number of hydrogen-bond donors (Lipinski definition) is 1. The van der Waals surface area contributed by atoms with Gasteiger partial charge in [0, 0.05) is 12.3 Å². The maximum absolute atomic E-state index is 12.7. The van der Waals surface area contributed by atoms with Gasteiger partial charge in [-0.25, -0.2) is 0 Å². The van der Waals surface area contributed by atoms with Crippen LogP contribution in [0, 0.1) is 0 Å². The lowest BCUT2D eigenvalue weighted by atomic mass is 10.1. The van der Waals surface area contributed by atoms with E-state index in [0.29, 0.717) is 5.39 Å². The van der Waals surface area contributed by atoms with Crippen molar-refractivity contribution in [3.05, 3.63) is 66.7 Å². The third-order valence-corrected chi connectivity index (χ3v) is 4.70. The topological polar surface area (TPSA) is 72.5 Å². The largest absolute Gasteiger partial charge is 0.379 e. The number of fused-ring (bicyclic) bond motifs is 1. The molecule has 1 amide bonds. The second-order valence-corrected chi connectivity index (χ2v) is 6.71. The van der Waals surface area contributed by atoms with Crippen LogP contribution in [0.3, 0.4) is 0 Å². The van der Waals surface area contributed by atoms with Crippen molar-refractivity contribution >= 4 is 32.5 Å². The third-order valence-electron chi connectivity index (χ3n) is 3.41. The molecule has 0 atom stereocenters. The summed E-state index contributed by atoms with van der Waals surface area (Å²) >= 11 is 0. The summed E-state index contributed by atoms with van der Waals surface area (Å²) in [5.41, 5.74) is 0.219. The molecule has 1 N–H and O–H groups in total. The van der Waals surface area contributed by atoms with Gasteiger partial charge >= 0.3 is 10.1 Å². The summed E-state index contributed by atoms with van der Waals surface area (Å²) in [7, 11) is -4.10. The smallest absolute Gasteiger partial charge is 0.341 e. The molecular formula is C18H15NO4S. The van der Waals surface area contributed by atoms with Crippen LogP contribution >= 0.6 is 0 Å². The molecule has 24 heavy (non-hydrogen) atoms. The predicted molar refractivity (Wildman–Crippen MR) is 92.5 cm³/mol. The molecular weight excluding hydrogens is 326 g/mol. The molecule has 3 aromatic carbocycles. The van der Waals surface area contributed by atoms with Crippen molar-refractivity contribution in [3.8, 4) is 5.75 Å². The molecule has 3 aromatic rings. The summed E-state index contributed by atoms with van der Waals surface area (Å²) in [5.74, 6) is -0.151. The van der Waals surface area contributed by atoms with Gasteiger partial charge in [0.25, 0.3) is 0 Å². The van der Waals surface area contributed by atoms with Gasteiger partial charge in [0.05, 0.1) is 5.69 Å². The fourth-order valence-electron chi connectivity index (χ4n) is 2.41. The van der Waals surface area contributed by atoms with E-state index < -0.39 is 10.1 Å². The molecule has 0 aliphatic carbocycles. The second-order valence-electron chi connectivity index (χ2n) is 5.19. The van der Waals surface area contributed by atoms with Crippen LogP contribution in [-0.4, -0.2) is 14.3 Å². The highest BCUT2D eigenvalue weighted by molar-refractivity contribution is 7.87. The Labute approximate surface area is 140 Å². The van der Waals surface area contributed by atoms with Crippen molar-refractivity contribution in [1.82, 2.24) is 0 Å². The Hall–Kier alpha value is -2.86. The molecule has 0 saturated heterocycles. The van der Waals surface area contributed by atoms with Gasteiger partial charge in [0.1, 0.15) is 10.6 Å². The summed E-state index contributed by atoms with van der Waals surface area (Å²) in [5, 5.41) is 4.06. The zero-order chi connectivity index (χ0) is 17.2. The van der Waals surface area contributed by atoms with Crippen LogP contribution in [-0.2, 0) is 14.9 Å². The van der Waals surface area contributed by atoms with Crippen molar-refractivity contribution in [2.45, 2.75) is 11.8 Å². The monoisotopic (exact) mass is 341 g/mol. The van der Waals surface area contributed by atoms with E-state index in [4.69, 9.17) is 4.18 Å². The lowest BCUT2D eigenvalue weighted by Crippen LogP contribution is -2.15. The molecule has 0 aliphatic heterocycles. The van der Waals surface area contributed by atoms with Gasteiger partial charge in [-0.15, -0.1) is 0 Å². The normalized spacial score (nSPS) is 11.2. The van der Waals surface area contributed by atoms with Gasteiger partial charge in [-0.2, -0.15) is 8.42 Å². The average molecular weight is 341 g/mol. The number of amides is 1. The highest BCUT2D eigenvalue weighted by atomic mass is 32.2. The molecule has 0 bridgehead atoms. The van der Waals surface area contributed by atoms with Gasteiger partial charge in [-0.05, 0) is 23.6 Å². The zero-order valence-electron chi connectivity index (χ0n) is 12.9. The molecule has 0 spiro atoms. The Morgan fingerprint density at radius 1 is 0.917 bits per heavy atom. The van der Waals surface area contributed by atoms with Crippen molar-refractivity contribution in [1.29, 1.82) is 0 Å². The second kappa shape index (κ2) is 6.33. The lowest BCUT2D eigenvalue weighted by Gasteiger charge is -2.14. The first-order valence-corrected chi connectivity index (χ1v) is 8.67. The van der Waals surface area contributed by atoms with E-state index >= 15 is 0 Å². The van der Waals surface area contributed by atoms with Crippen LogP contribution in [0.25, 0.3) is 10.8 Å². The summed E-state index contributed by atoms with van der Waals surface area (Å²) in [4.78, 5) is 11.5. The van der Waals surface area contributed by atoms with E-state index in [1.165, 1.54) is 13.0 Å². The molecule has 6 heteroatoms. The van der Waals surface area contributed by atoms with Gasteiger partial charge in [0.15, 0.2) is 0 Å². The Balaban J connectivity index is 2.15. The van der Waals surface area contributed by atoms with Gasteiger partial charge in [-0.3, -0.25) is 4.79 Å². The van der Waals surface area contributed by atoms with E-state index in [2.05, 4.69) is 5.32 Å². The Morgan fingerprint density at radius 2 is 1.58 bits per heavy atom. The minimum Gasteiger partial charge on any atom is -0.379 e. The van der Waals surface area contributed by atoms with E-state index in [1.807, 2.05) is 12.1 Å². The summed E-state index contributed by atoms with van der Waals surface area (Å²) < 4.78 is 30.5. The predicted octanol–water partition coefficient (Wildman–Crippen LogP) is 3.57. The summed E-state index contributed by atoms with van der Waals surface area (Å²) in [6, 6.07) is 18.6. The first-order valence-electron chi connectivity index (χ1n) is 7.26. The van der Waals surface area contributed by atoms with Crippen LogP contribution in [0.2, 0.25) is 0 Å². The molecule has 0 saturated carbocycles. The standard InChI is InChI=1S/C18H15NO4S/c1-13(20)19-18-16-10-6-5-7-14(16)11-12-17(18)24(21,22)23-15-8-3-2-4-9-15/h2-12H,1H3,(H,19,20). The summed E-state index contributed by atoms with van der Waals surface area (Å²) in [6.07, 6.45) is 0. The molecule has 0 fully saturated rings. The SMILES string of the molecule is CC(=O)Nc1c(S(=O)(=O)Oc2ccccc2)ccc2ccccc12. The van der Waals surface area contributed by atoms with Crippen molar-refractivity contribution in [2.24, 2.45) is 0 Å². The number of nitrogens with one attached hydrogen (secondary N) is 1. The van der Waals surface area contributed by atoms with E-state index in [0.717, 1.165) is 5.39 Å². The highest BCUT2D eigenvalue weighted by Gasteiger charge is 2.23. The zero-order valence-corrected chi connectivity index (χ0v) is 13.7. The first-order chi connectivity index (χ1) is 11.5. The van der Waals surface area contributed by atoms with Crippen molar-refractivity contribution in [2.75, 3.05) is 5.32 Å². The van der Waals surface area contributed by atoms with E-state index in [9.17, 15) is 13.2 Å². The van der Waals surface area contributed by atoms with Crippen LogP contribution in [0.4, 0.5) is 5.69 Å². The molecule has 0 aromatic heterocycles. The number of anilines is 1. The first kappa shape index (κ1) is 16.0. The molecule has 0 radical (unpaired) electrons. The Morgan fingerprint density at radius 3 is 2.29 bits per heavy atom. The molecule has 122 valence electrons. The quantitative estimate of drug-likeness (QED) is 0.736. The van der Waals surface area contributed by atoms with Crippen molar-refractivity contribution in [3.63, 3.8) is 0 Å². The van der Waals surface area contributed by atoms with Crippen LogP contribution < -0.4 is 9.50 Å². The van der Waals surface area contributed by atoms with Crippen molar-refractivity contribution < 1.29 is 17.4 Å². The van der Waals surface area contributed by atoms with Crippen LogP contribution in [0.1, 0.15) is 6.92 Å². The number of benzene rings is 3. The third kappa shape index (κ3) is 3.23. The Kier molecular flexibility index (Phi) is 4.22. The number of rotatable bonds is 4. The van der Waals surface area contributed by atoms with Crippen LogP contribution in [0.15, 0.2) is 71.6 Å². The fourth-order valence-corrected chi connectivity index (χ4v) is 3.51. The number of carbonyl (C=O) groups excluding carboxylic acids is 1. The number of carbonyl (C=O) groups is 1. The highest BCUT2D eigenvalue weighted by Crippen LogP contribution is 2.32. The number of para-hydroxylation sites is 1. The molecule has 3 rings (SSSR count). The van der Waals surface area contributed by atoms with Gasteiger partial charge in [0.2, 0.25) is 5.91 Å². The van der Waals surface area contributed by atoms with Gasteiger partial charge in [-0.1, -0.05) is 48.5 Å². The fraction of sp³-hybridized carbons (Fsp3) is 0.0556. The minimum absolute atomic E-state index is 0.0831. The van der Waals surface area contributed by atoms with Gasteiger partial charge < -0.3 is 9.50 Å². The molecule has 0 unspecified atom stereocenters. The lowest BCUT2D eigenvalue weighted by molar-refractivity contribution is -0.114. The van der Waals surface area contributed by atoms with E-state index in [-0.39, 0.29) is 22.2 Å². The molecule has 5 nitrogen and oxygen atoms in total. The maximum atomic E-state index is 12.7.